The number of hydrogen-bond donors (Lipinski definition) is 0. The predicted octanol–water partition coefficient (Wildman–Crippen LogP) is 18.9. The Hall–Kier alpha value is -4.05. The fourth-order valence-electron chi connectivity index (χ4n) is 9.03. The smallest absolute Gasteiger partial charge is 0.306 e. The normalized spacial score (nSPS) is 13.4. The van der Waals surface area contributed by atoms with Crippen molar-refractivity contribution in [2.75, 3.05) is 47.5 Å². The minimum atomic E-state index is -1.63. The van der Waals surface area contributed by atoms with Crippen molar-refractivity contribution < 1.29 is 42.9 Å². The monoisotopic (exact) mass is 1130 g/mol. The van der Waals surface area contributed by atoms with E-state index in [-0.39, 0.29) is 38.6 Å². The molecule has 9 nitrogen and oxygen atoms in total. The van der Waals surface area contributed by atoms with Gasteiger partial charge in [-0.1, -0.05) is 271 Å². The summed E-state index contributed by atoms with van der Waals surface area (Å²) in [6, 6.07) is 0. The van der Waals surface area contributed by atoms with Gasteiger partial charge < -0.3 is 33.3 Å². The topological polar surface area (TPSA) is 111 Å². The van der Waals surface area contributed by atoms with Crippen LogP contribution >= 0.6 is 0 Å². The Labute approximate surface area is 498 Å². The molecule has 464 valence electrons. The number of allylic oxidation sites excluding steroid dienone is 18. The second-order valence-corrected chi connectivity index (χ2v) is 23.0. The van der Waals surface area contributed by atoms with Crippen LogP contribution in [-0.4, -0.2) is 82.3 Å². The van der Waals surface area contributed by atoms with Gasteiger partial charge in [-0.2, -0.15) is 0 Å². The van der Waals surface area contributed by atoms with Crippen molar-refractivity contribution in [3.63, 3.8) is 0 Å². The average Bonchev–Trinajstić information content (AvgIpc) is 3.44. The number of unbranched alkanes of at least 4 members (excludes halogenated alkanes) is 27. The van der Waals surface area contributed by atoms with Crippen LogP contribution in [0.4, 0.5) is 0 Å². The summed E-state index contributed by atoms with van der Waals surface area (Å²) >= 11 is 0. The number of carboxylic acid groups (broad SMARTS) is 1. The lowest BCUT2D eigenvalue weighted by atomic mass is 10.0. The number of hydrogen-bond acceptors (Lipinski definition) is 8. The number of quaternary nitrogens is 1. The molecule has 0 aromatic carbocycles. The van der Waals surface area contributed by atoms with E-state index in [4.69, 9.17) is 18.9 Å². The summed E-state index contributed by atoms with van der Waals surface area (Å²) in [5.41, 5.74) is 0. The Bertz CT molecular complexity index is 1700. The van der Waals surface area contributed by atoms with E-state index in [9.17, 15) is 19.5 Å². The number of esters is 2. The summed E-state index contributed by atoms with van der Waals surface area (Å²) < 4.78 is 22.7. The van der Waals surface area contributed by atoms with E-state index in [1.54, 1.807) is 0 Å². The summed E-state index contributed by atoms with van der Waals surface area (Å²) in [7, 11) is 5.92. The molecule has 0 spiro atoms. The predicted molar refractivity (Wildman–Crippen MR) is 343 cm³/mol. The molecule has 81 heavy (non-hydrogen) atoms. The molecular formula is C72H123NO8. The zero-order chi connectivity index (χ0) is 59.1. The quantitative estimate of drug-likeness (QED) is 0.0195. The molecule has 0 aromatic heterocycles. The molecule has 0 fully saturated rings. The molecule has 2 unspecified atom stereocenters. The van der Waals surface area contributed by atoms with Crippen molar-refractivity contribution in [1.82, 2.24) is 0 Å². The third kappa shape index (κ3) is 63.4. The molecule has 0 bridgehead atoms. The van der Waals surface area contributed by atoms with Crippen LogP contribution in [0.15, 0.2) is 109 Å². The van der Waals surface area contributed by atoms with Gasteiger partial charge in [-0.15, -0.1) is 0 Å². The molecule has 0 aliphatic heterocycles. The van der Waals surface area contributed by atoms with E-state index in [2.05, 4.69) is 123 Å². The molecule has 2 atom stereocenters. The van der Waals surface area contributed by atoms with Gasteiger partial charge in [-0.05, 0) is 96.3 Å². The van der Waals surface area contributed by atoms with E-state index >= 15 is 0 Å². The largest absolute Gasteiger partial charge is 0.545 e. The number of carboxylic acids is 1. The lowest BCUT2D eigenvalue weighted by Crippen LogP contribution is -2.44. The van der Waals surface area contributed by atoms with Gasteiger partial charge in [0.25, 0.3) is 0 Å². The molecule has 9 heteroatoms. The van der Waals surface area contributed by atoms with Crippen LogP contribution in [-0.2, 0) is 33.3 Å². The number of aliphatic carboxylic acids is 1. The van der Waals surface area contributed by atoms with Gasteiger partial charge in [0.15, 0.2) is 12.4 Å². The number of carbonyl (C=O) groups excluding carboxylic acids is 3. The van der Waals surface area contributed by atoms with E-state index < -0.39 is 24.3 Å². The molecule has 0 aromatic rings. The number of carbonyl (C=O) groups is 3. The maximum Gasteiger partial charge on any atom is 0.306 e. The SMILES string of the molecule is CC/C=C\C/C=C\C/C=C\C/C=C\C/C=C\C/C=C\CCCCCCCCCCCCCCCCCCCCCCC(=O)OC(COC(=O)CCCCCCCCC/C=C\C/C=C\C/C=C\CC)COC(OCC[N+](C)(C)C)C(=O)[O-]. The minimum absolute atomic E-state index is 0.143. The van der Waals surface area contributed by atoms with Gasteiger partial charge in [0, 0.05) is 12.8 Å². The number of rotatable bonds is 60. The number of likely N-dealkylation sites (N-methyl/N-ethyl adjacent to an activating group) is 1. The van der Waals surface area contributed by atoms with Crippen LogP contribution in [0.25, 0.3) is 0 Å². The third-order valence-corrected chi connectivity index (χ3v) is 14.0. The first-order valence-electron chi connectivity index (χ1n) is 33.0. The maximum atomic E-state index is 12.9. The first-order chi connectivity index (χ1) is 39.6. The average molecular weight is 1130 g/mol. The molecule has 0 saturated carbocycles. The van der Waals surface area contributed by atoms with Crippen LogP contribution in [0.1, 0.15) is 271 Å². The highest BCUT2D eigenvalue weighted by molar-refractivity contribution is 5.70. The van der Waals surface area contributed by atoms with Crippen LogP contribution in [0.5, 0.6) is 0 Å². The zero-order valence-corrected chi connectivity index (χ0v) is 52.9. The van der Waals surface area contributed by atoms with Gasteiger partial charge >= 0.3 is 11.9 Å². The van der Waals surface area contributed by atoms with Gasteiger partial charge in [-0.25, -0.2) is 0 Å². The Morgan fingerprint density at radius 2 is 0.667 bits per heavy atom. The summed E-state index contributed by atoms with van der Waals surface area (Å²) in [6.45, 7) is 4.52. The van der Waals surface area contributed by atoms with Crippen molar-refractivity contribution in [3.8, 4) is 0 Å². The van der Waals surface area contributed by atoms with Gasteiger partial charge in [-0.3, -0.25) is 9.59 Å². The Morgan fingerprint density at radius 3 is 0.988 bits per heavy atom. The minimum Gasteiger partial charge on any atom is -0.545 e. The molecule has 0 aliphatic rings. The van der Waals surface area contributed by atoms with Crippen molar-refractivity contribution >= 4 is 17.9 Å². The molecule has 0 rings (SSSR count). The van der Waals surface area contributed by atoms with E-state index in [1.807, 2.05) is 21.1 Å². The van der Waals surface area contributed by atoms with Gasteiger partial charge in [0.05, 0.1) is 40.3 Å². The Morgan fingerprint density at radius 1 is 0.370 bits per heavy atom. The fourth-order valence-corrected chi connectivity index (χ4v) is 9.03. The fraction of sp³-hybridized carbons (Fsp3) is 0.708. The molecular weight excluding hydrogens is 1010 g/mol. The molecule has 0 aliphatic carbocycles. The Kier molecular flexibility index (Phi) is 58.9. The molecule has 0 heterocycles. The lowest BCUT2D eigenvalue weighted by molar-refractivity contribution is -0.870. The maximum absolute atomic E-state index is 12.9. The van der Waals surface area contributed by atoms with Gasteiger partial charge in [0.1, 0.15) is 13.2 Å². The summed E-state index contributed by atoms with van der Waals surface area (Å²) in [6.07, 6.45) is 83.1. The number of ether oxygens (including phenoxy) is 4. The standard InChI is InChI=1S/C72H123NO8/c1-6-8-10-12-14-16-18-20-22-24-25-26-27-28-29-30-31-32-33-34-35-36-37-38-39-40-41-42-43-44-45-47-49-51-53-55-57-59-61-63-70(75)81-68(67-80-72(71(76)77)78-65-64-73(3,4)5)66-79-69(74)62-60-58-56-54-52-50-48-46-23-21-19-17-15-13-11-9-7-2/h8-11,14-17,20-23,25-26,28-29,31-32,68,72H,6-7,12-13,18-19,24,27,30,33-67H2,1-5H3/b10-8-,11-9-,16-14-,17-15-,22-20-,23-21-,26-25-,29-28-,32-31-. The van der Waals surface area contributed by atoms with Crippen LogP contribution in [0.2, 0.25) is 0 Å². The van der Waals surface area contributed by atoms with Crippen LogP contribution < -0.4 is 5.11 Å². The molecule has 0 saturated heterocycles. The van der Waals surface area contributed by atoms with E-state index in [0.717, 1.165) is 103 Å². The summed E-state index contributed by atoms with van der Waals surface area (Å²) in [5, 5.41) is 11.8. The second-order valence-electron chi connectivity index (χ2n) is 23.0. The molecule has 0 radical (unpaired) electrons. The van der Waals surface area contributed by atoms with Crippen molar-refractivity contribution in [1.29, 1.82) is 0 Å². The second kappa shape index (κ2) is 62.0. The highest BCUT2D eigenvalue weighted by Gasteiger charge is 2.22. The highest BCUT2D eigenvalue weighted by atomic mass is 16.7. The number of nitrogens with zero attached hydrogens (tertiary/aromatic N) is 1. The zero-order valence-electron chi connectivity index (χ0n) is 52.9. The van der Waals surface area contributed by atoms with Crippen molar-refractivity contribution in [2.24, 2.45) is 0 Å². The first kappa shape index (κ1) is 77.0. The molecule has 0 amide bonds. The van der Waals surface area contributed by atoms with E-state index in [0.29, 0.717) is 17.4 Å². The van der Waals surface area contributed by atoms with Crippen LogP contribution in [0.3, 0.4) is 0 Å². The van der Waals surface area contributed by atoms with Crippen molar-refractivity contribution in [3.05, 3.63) is 109 Å². The van der Waals surface area contributed by atoms with E-state index in [1.165, 1.54) is 135 Å². The Balaban J connectivity index is 4.04. The summed E-state index contributed by atoms with van der Waals surface area (Å²) in [4.78, 5) is 37.4. The molecule has 0 N–H and O–H groups in total. The third-order valence-electron chi connectivity index (χ3n) is 14.0. The van der Waals surface area contributed by atoms with Crippen molar-refractivity contribution in [2.45, 2.75) is 283 Å². The lowest BCUT2D eigenvalue weighted by Gasteiger charge is -2.26. The first-order valence-corrected chi connectivity index (χ1v) is 33.0. The highest BCUT2D eigenvalue weighted by Crippen LogP contribution is 2.17. The van der Waals surface area contributed by atoms with Crippen LogP contribution in [0, 0.1) is 0 Å². The van der Waals surface area contributed by atoms with Gasteiger partial charge in [0.2, 0.25) is 0 Å². The summed E-state index contributed by atoms with van der Waals surface area (Å²) in [5.74, 6) is -2.29.